The van der Waals surface area contributed by atoms with E-state index in [1.165, 1.54) is 23.3 Å². The Morgan fingerprint density at radius 1 is 1.12 bits per heavy atom. The number of imide groups is 1. The Morgan fingerprint density at radius 3 is 2.55 bits per heavy atom. The first kappa shape index (κ1) is 23.7. The number of thioether (sulfide) groups is 1. The molecule has 33 heavy (non-hydrogen) atoms. The number of halogens is 2. The van der Waals surface area contributed by atoms with Crippen LogP contribution in [-0.2, 0) is 11.3 Å². The van der Waals surface area contributed by atoms with Crippen molar-refractivity contribution in [1.29, 1.82) is 0 Å². The van der Waals surface area contributed by atoms with Gasteiger partial charge < -0.3 is 9.47 Å². The van der Waals surface area contributed by atoms with Gasteiger partial charge in [-0.1, -0.05) is 34.1 Å². The van der Waals surface area contributed by atoms with Gasteiger partial charge in [-0.2, -0.15) is 0 Å². The molecule has 1 aromatic heterocycles. The van der Waals surface area contributed by atoms with Crippen molar-refractivity contribution in [2.24, 2.45) is 0 Å². The number of thiophene rings is 1. The van der Waals surface area contributed by atoms with E-state index in [0.29, 0.717) is 25.6 Å². The summed E-state index contributed by atoms with van der Waals surface area (Å²) < 4.78 is 12.3. The number of benzene rings is 2. The van der Waals surface area contributed by atoms with Crippen LogP contribution in [0, 0.1) is 0 Å². The fourth-order valence-corrected chi connectivity index (χ4v) is 5.26. The van der Waals surface area contributed by atoms with Crippen molar-refractivity contribution in [3.63, 3.8) is 0 Å². The van der Waals surface area contributed by atoms with Crippen LogP contribution < -0.4 is 9.47 Å². The second-order valence-corrected chi connectivity index (χ2v) is 10.5. The van der Waals surface area contributed by atoms with Crippen LogP contribution in [0.5, 0.6) is 11.5 Å². The fourth-order valence-electron chi connectivity index (χ4n) is 3.02. The number of amides is 2. The minimum Gasteiger partial charge on any atom is -0.493 e. The van der Waals surface area contributed by atoms with Gasteiger partial charge in [-0.3, -0.25) is 14.5 Å². The van der Waals surface area contributed by atoms with Crippen molar-refractivity contribution >= 4 is 78.2 Å². The molecule has 2 amide bonds. The molecular weight excluding hydrogens is 594 g/mol. The van der Waals surface area contributed by atoms with Gasteiger partial charge in [0, 0.05) is 4.47 Å². The normalized spacial score (nSPS) is 14.8. The van der Waals surface area contributed by atoms with E-state index in [0.717, 1.165) is 21.8 Å². The van der Waals surface area contributed by atoms with Gasteiger partial charge in [0.2, 0.25) is 0 Å². The highest BCUT2D eigenvalue weighted by molar-refractivity contribution is 9.10. The number of methoxy groups -OCH3 is 1. The Morgan fingerprint density at radius 2 is 1.88 bits per heavy atom. The van der Waals surface area contributed by atoms with Crippen LogP contribution in [0.2, 0.25) is 0 Å². The van der Waals surface area contributed by atoms with Crippen LogP contribution in [0.1, 0.15) is 20.8 Å². The van der Waals surface area contributed by atoms with Gasteiger partial charge in [0.05, 0.1) is 23.0 Å². The summed E-state index contributed by atoms with van der Waals surface area (Å²) in [4.78, 5) is 39.7. The zero-order chi connectivity index (χ0) is 23.5. The average molecular weight is 609 g/mol. The standard InChI is InChI=1S/C23H15Br2NO5S2/c1-30-17-10-14(9-16(25)20(17)31-22(28)18-3-2-8-32-18)11-19-21(27)26(23(29)33-19)12-13-4-6-15(24)7-5-13/h2-11H,12H2,1H3/b19-11-. The molecule has 168 valence electrons. The lowest BCUT2D eigenvalue weighted by molar-refractivity contribution is -0.123. The smallest absolute Gasteiger partial charge is 0.353 e. The summed E-state index contributed by atoms with van der Waals surface area (Å²) >= 11 is 8.94. The maximum absolute atomic E-state index is 12.9. The number of nitrogens with zero attached hydrogens (tertiary/aromatic N) is 1. The minimum absolute atomic E-state index is 0.194. The van der Waals surface area contributed by atoms with Crippen molar-refractivity contribution in [3.8, 4) is 11.5 Å². The molecule has 2 aromatic carbocycles. The molecule has 1 aliphatic heterocycles. The lowest BCUT2D eigenvalue weighted by Crippen LogP contribution is -2.27. The van der Waals surface area contributed by atoms with Gasteiger partial charge in [-0.05, 0) is 80.6 Å². The lowest BCUT2D eigenvalue weighted by Gasteiger charge is -2.13. The molecule has 6 nitrogen and oxygen atoms in total. The fraction of sp³-hybridized carbons (Fsp3) is 0.0870. The van der Waals surface area contributed by atoms with Crippen molar-refractivity contribution in [3.05, 3.63) is 83.8 Å². The van der Waals surface area contributed by atoms with Crippen LogP contribution in [0.25, 0.3) is 6.08 Å². The first-order valence-corrected chi connectivity index (χ1v) is 12.8. The molecule has 0 atom stereocenters. The number of ether oxygens (including phenoxy) is 2. The topological polar surface area (TPSA) is 72.9 Å². The summed E-state index contributed by atoms with van der Waals surface area (Å²) in [6.45, 7) is 0.194. The Balaban J connectivity index is 1.56. The molecule has 0 unspecified atom stereocenters. The Bertz CT molecular complexity index is 1260. The van der Waals surface area contributed by atoms with Crippen molar-refractivity contribution in [1.82, 2.24) is 4.90 Å². The van der Waals surface area contributed by atoms with Crippen molar-refractivity contribution in [2.45, 2.75) is 6.54 Å². The minimum atomic E-state index is -0.495. The molecular formula is C23H15Br2NO5S2. The maximum atomic E-state index is 12.9. The second-order valence-electron chi connectivity index (χ2n) is 6.80. The maximum Gasteiger partial charge on any atom is 0.353 e. The highest BCUT2D eigenvalue weighted by atomic mass is 79.9. The van der Waals surface area contributed by atoms with E-state index in [9.17, 15) is 14.4 Å². The number of carbonyl (C=O) groups excluding carboxylic acids is 3. The van der Waals surface area contributed by atoms with Gasteiger partial charge in [0.15, 0.2) is 11.5 Å². The highest BCUT2D eigenvalue weighted by Gasteiger charge is 2.35. The van der Waals surface area contributed by atoms with E-state index in [2.05, 4.69) is 31.9 Å². The molecule has 10 heteroatoms. The van der Waals surface area contributed by atoms with Crippen LogP contribution in [0.15, 0.2) is 67.8 Å². The number of rotatable bonds is 6. The van der Waals surface area contributed by atoms with Crippen LogP contribution in [-0.4, -0.2) is 29.1 Å². The molecule has 1 fully saturated rings. The quantitative estimate of drug-likeness (QED) is 0.175. The molecule has 0 N–H and O–H groups in total. The Hall–Kier alpha value is -2.40. The second kappa shape index (κ2) is 10.3. The van der Waals surface area contributed by atoms with Crippen LogP contribution in [0.4, 0.5) is 4.79 Å². The summed E-state index contributed by atoms with van der Waals surface area (Å²) in [5.74, 6) is -0.312. The third-order valence-corrected chi connectivity index (χ3v) is 7.47. The van der Waals surface area contributed by atoms with E-state index in [-0.39, 0.29) is 23.4 Å². The molecule has 1 aliphatic rings. The summed E-state index contributed by atoms with van der Waals surface area (Å²) in [5, 5.41) is 1.46. The van der Waals surface area contributed by atoms with Crippen molar-refractivity contribution in [2.75, 3.05) is 7.11 Å². The number of hydrogen-bond donors (Lipinski definition) is 0. The van der Waals surface area contributed by atoms with Gasteiger partial charge in [0.25, 0.3) is 11.1 Å². The predicted molar refractivity (Wildman–Crippen MR) is 136 cm³/mol. The molecule has 2 heterocycles. The molecule has 0 radical (unpaired) electrons. The predicted octanol–water partition coefficient (Wildman–Crippen LogP) is 6.74. The average Bonchev–Trinajstić information content (AvgIpc) is 3.42. The van der Waals surface area contributed by atoms with E-state index in [1.54, 1.807) is 35.7 Å². The Labute approximate surface area is 214 Å². The van der Waals surface area contributed by atoms with Gasteiger partial charge in [-0.25, -0.2) is 4.79 Å². The molecule has 3 aromatic rings. The lowest BCUT2D eigenvalue weighted by atomic mass is 10.1. The monoisotopic (exact) mass is 607 g/mol. The van der Waals surface area contributed by atoms with E-state index >= 15 is 0 Å². The third-order valence-electron chi connectivity index (χ3n) is 4.59. The van der Waals surface area contributed by atoms with E-state index in [4.69, 9.17) is 9.47 Å². The SMILES string of the molecule is COc1cc(/C=C2\SC(=O)N(Cc3ccc(Br)cc3)C2=O)cc(Br)c1OC(=O)c1cccs1. The molecule has 1 saturated heterocycles. The van der Waals surface area contributed by atoms with Gasteiger partial charge in [0.1, 0.15) is 4.88 Å². The zero-order valence-electron chi connectivity index (χ0n) is 17.0. The molecule has 0 bridgehead atoms. The van der Waals surface area contributed by atoms with E-state index < -0.39 is 5.97 Å². The number of esters is 1. The number of hydrogen-bond acceptors (Lipinski definition) is 7. The van der Waals surface area contributed by atoms with Gasteiger partial charge in [-0.15, -0.1) is 11.3 Å². The molecule has 4 rings (SSSR count). The molecule has 0 saturated carbocycles. The van der Waals surface area contributed by atoms with Crippen LogP contribution >= 0.6 is 55.0 Å². The van der Waals surface area contributed by atoms with Crippen LogP contribution in [0.3, 0.4) is 0 Å². The summed E-state index contributed by atoms with van der Waals surface area (Å²) in [6, 6.07) is 14.2. The van der Waals surface area contributed by atoms with E-state index in [1.807, 2.05) is 24.3 Å². The summed E-state index contributed by atoms with van der Waals surface area (Å²) in [7, 11) is 1.46. The third kappa shape index (κ3) is 5.40. The Kier molecular flexibility index (Phi) is 7.38. The van der Waals surface area contributed by atoms with Crippen molar-refractivity contribution < 1.29 is 23.9 Å². The highest BCUT2D eigenvalue weighted by Crippen LogP contribution is 2.40. The zero-order valence-corrected chi connectivity index (χ0v) is 21.8. The first-order chi connectivity index (χ1) is 15.9. The first-order valence-electron chi connectivity index (χ1n) is 9.48. The summed E-state index contributed by atoms with van der Waals surface area (Å²) in [5.41, 5.74) is 1.46. The molecule has 0 spiro atoms. The number of carbonyl (C=O) groups is 3. The summed E-state index contributed by atoms with van der Waals surface area (Å²) in [6.07, 6.45) is 1.62. The molecule has 0 aliphatic carbocycles. The largest absolute Gasteiger partial charge is 0.493 e. The van der Waals surface area contributed by atoms with Gasteiger partial charge >= 0.3 is 5.97 Å².